The number of carbonyl (C=O) groups is 1. The molecule has 0 radical (unpaired) electrons. The van der Waals surface area contributed by atoms with E-state index in [-0.39, 0.29) is 22.6 Å². The number of nitrogens with one attached hydrogen (secondary N) is 1. The molecule has 0 aliphatic carbocycles. The predicted octanol–water partition coefficient (Wildman–Crippen LogP) is 3.74. The molecule has 1 heterocycles. The molecule has 1 N–H and O–H groups in total. The van der Waals surface area contributed by atoms with Crippen LogP contribution in [0.1, 0.15) is 25.3 Å². The number of hydrogen-bond acceptors (Lipinski definition) is 4. The van der Waals surface area contributed by atoms with Gasteiger partial charge in [-0.3, -0.25) is 4.79 Å². The normalized spacial score (nSPS) is 16.6. The number of ether oxygens (including phenoxy) is 1. The summed E-state index contributed by atoms with van der Waals surface area (Å²) in [6.45, 7) is 5.35. The number of anilines is 1. The van der Waals surface area contributed by atoms with Gasteiger partial charge in [-0.25, -0.2) is 8.42 Å². The van der Waals surface area contributed by atoms with Gasteiger partial charge in [-0.1, -0.05) is 43.6 Å². The van der Waals surface area contributed by atoms with Gasteiger partial charge in [-0.15, -0.1) is 0 Å². The van der Waals surface area contributed by atoms with Crippen molar-refractivity contribution in [2.75, 3.05) is 31.6 Å². The Kier molecular flexibility index (Phi) is 6.95. The summed E-state index contributed by atoms with van der Waals surface area (Å²) in [5, 5.41) is 3.48. The molecule has 0 bridgehead atoms. The number of carbonyl (C=O) groups excluding carboxylic acids is 1. The maximum Gasteiger partial charge on any atom is 0.243 e. The van der Waals surface area contributed by atoms with E-state index in [2.05, 4.69) is 5.32 Å². The molecule has 1 atom stereocenters. The predicted molar refractivity (Wildman–Crippen MR) is 114 cm³/mol. The van der Waals surface area contributed by atoms with Gasteiger partial charge in [-0.2, -0.15) is 4.31 Å². The van der Waals surface area contributed by atoms with E-state index in [1.54, 1.807) is 30.3 Å². The van der Waals surface area contributed by atoms with Gasteiger partial charge in [-0.05, 0) is 41.8 Å². The van der Waals surface area contributed by atoms with Crippen LogP contribution < -0.4 is 5.32 Å². The van der Waals surface area contributed by atoms with Gasteiger partial charge >= 0.3 is 0 Å². The number of hydrogen-bond donors (Lipinski definition) is 1. The van der Waals surface area contributed by atoms with E-state index < -0.39 is 10.0 Å². The Bertz CT molecular complexity index is 955. The number of sulfonamides is 1. The van der Waals surface area contributed by atoms with E-state index in [0.717, 1.165) is 5.56 Å². The van der Waals surface area contributed by atoms with Crippen molar-refractivity contribution in [1.29, 1.82) is 0 Å². The van der Waals surface area contributed by atoms with Gasteiger partial charge in [0.1, 0.15) is 0 Å². The summed E-state index contributed by atoms with van der Waals surface area (Å²) in [4.78, 5) is 13.1. The molecule has 2 aromatic carbocycles. The van der Waals surface area contributed by atoms with Crippen LogP contribution in [-0.4, -0.2) is 44.9 Å². The summed E-state index contributed by atoms with van der Waals surface area (Å²) >= 11 is 5.96. The summed E-state index contributed by atoms with van der Waals surface area (Å²) in [5.41, 5.74) is 1.31. The second-order valence-corrected chi connectivity index (χ2v) is 9.68. The molecule has 3 rings (SSSR count). The third-order valence-corrected chi connectivity index (χ3v) is 7.03. The van der Waals surface area contributed by atoms with Crippen molar-refractivity contribution < 1.29 is 17.9 Å². The van der Waals surface area contributed by atoms with Crippen LogP contribution >= 0.6 is 11.6 Å². The smallest absolute Gasteiger partial charge is 0.243 e. The molecule has 2 aromatic rings. The molecule has 1 aliphatic rings. The molecule has 8 heteroatoms. The molecule has 0 spiro atoms. The Morgan fingerprint density at radius 3 is 2.38 bits per heavy atom. The Labute approximate surface area is 176 Å². The van der Waals surface area contributed by atoms with E-state index in [1.165, 1.54) is 10.4 Å². The highest BCUT2D eigenvalue weighted by molar-refractivity contribution is 7.89. The number of halogens is 1. The SMILES string of the molecule is CC(C)[C@@H](C(=O)Nc1cccc(S(=O)(=O)N2CCOCC2)c1)c1ccc(Cl)cc1. The zero-order valence-electron chi connectivity index (χ0n) is 16.5. The highest BCUT2D eigenvalue weighted by atomic mass is 35.5. The lowest BCUT2D eigenvalue weighted by Crippen LogP contribution is -2.40. The molecular formula is C21H25ClN2O4S. The van der Waals surface area contributed by atoms with Crippen LogP contribution in [0.2, 0.25) is 5.02 Å². The fourth-order valence-corrected chi connectivity index (χ4v) is 4.98. The van der Waals surface area contributed by atoms with Gasteiger partial charge in [0.05, 0.1) is 24.0 Å². The number of rotatable bonds is 6. The highest BCUT2D eigenvalue weighted by Gasteiger charge is 2.28. The summed E-state index contributed by atoms with van der Waals surface area (Å²) in [7, 11) is -3.63. The Hall–Kier alpha value is -1.93. The molecule has 6 nitrogen and oxygen atoms in total. The van der Waals surface area contributed by atoms with E-state index in [1.807, 2.05) is 26.0 Å². The maximum atomic E-state index is 13.0. The third kappa shape index (κ3) is 5.17. The van der Waals surface area contributed by atoms with E-state index in [9.17, 15) is 13.2 Å². The van der Waals surface area contributed by atoms with Gasteiger partial charge < -0.3 is 10.1 Å². The number of nitrogens with zero attached hydrogens (tertiary/aromatic N) is 1. The van der Waals surface area contributed by atoms with E-state index in [4.69, 9.17) is 16.3 Å². The van der Waals surface area contributed by atoms with Crippen molar-refractivity contribution in [2.45, 2.75) is 24.7 Å². The Morgan fingerprint density at radius 1 is 1.10 bits per heavy atom. The molecular weight excluding hydrogens is 412 g/mol. The van der Waals surface area contributed by atoms with Crippen molar-refractivity contribution >= 4 is 33.2 Å². The third-order valence-electron chi connectivity index (χ3n) is 4.89. The van der Waals surface area contributed by atoms with Crippen LogP contribution in [0.5, 0.6) is 0 Å². The van der Waals surface area contributed by atoms with E-state index in [0.29, 0.717) is 37.0 Å². The number of benzene rings is 2. The van der Waals surface area contributed by atoms with Crippen LogP contribution in [0.25, 0.3) is 0 Å². The summed E-state index contributed by atoms with van der Waals surface area (Å²) < 4.78 is 32.4. The maximum absolute atomic E-state index is 13.0. The van der Waals surface area contributed by atoms with Gasteiger partial charge in [0.15, 0.2) is 0 Å². The first-order chi connectivity index (χ1) is 13.8. The van der Waals surface area contributed by atoms with Gasteiger partial charge in [0, 0.05) is 23.8 Å². The minimum absolute atomic E-state index is 0.0523. The number of amides is 1. The second kappa shape index (κ2) is 9.26. The average Bonchev–Trinajstić information content (AvgIpc) is 2.70. The summed E-state index contributed by atoms with van der Waals surface area (Å²) in [6.07, 6.45) is 0. The first kappa shape index (κ1) is 21.8. The molecule has 1 aliphatic heterocycles. The first-order valence-electron chi connectivity index (χ1n) is 9.53. The molecule has 0 saturated carbocycles. The van der Waals surface area contributed by atoms with Crippen molar-refractivity contribution in [2.24, 2.45) is 5.92 Å². The molecule has 0 aromatic heterocycles. The quantitative estimate of drug-likeness (QED) is 0.748. The van der Waals surface area contributed by atoms with Gasteiger partial charge in [0.2, 0.25) is 15.9 Å². The fourth-order valence-electron chi connectivity index (χ4n) is 3.40. The molecule has 1 saturated heterocycles. The largest absolute Gasteiger partial charge is 0.379 e. The standard InChI is InChI=1S/C21H25ClN2O4S/c1-15(2)20(16-6-8-17(22)9-7-16)21(25)23-18-4-3-5-19(14-18)29(26,27)24-10-12-28-13-11-24/h3-9,14-15,20H,10-13H2,1-2H3,(H,23,25)/t20-/m1/s1. The van der Waals surface area contributed by atoms with Crippen LogP contribution in [0.4, 0.5) is 5.69 Å². The zero-order chi connectivity index (χ0) is 21.0. The lowest BCUT2D eigenvalue weighted by Gasteiger charge is -2.26. The van der Waals surface area contributed by atoms with Gasteiger partial charge in [0.25, 0.3) is 0 Å². The van der Waals surface area contributed by atoms with Crippen LogP contribution in [0.3, 0.4) is 0 Å². The van der Waals surface area contributed by atoms with Crippen molar-refractivity contribution in [3.8, 4) is 0 Å². The molecule has 156 valence electrons. The van der Waals surface area contributed by atoms with E-state index >= 15 is 0 Å². The zero-order valence-corrected chi connectivity index (χ0v) is 18.0. The second-order valence-electron chi connectivity index (χ2n) is 7.31. The summed E-state index contributed by atoms with van der Waals surface area (Å²) in [6, 6.07) is 13.6. The summed E-state index contributed by atoms with van der Waals surface area (Å²) in [5.74, 6) is -0.522. The lowest BCUT2D eigenvalue weighted by atomic mass is 9.87. The van der Waals surface area contributed by atoms with Crippen LogP contribution in [-0.2, 0) is 19.6 Å². The molecule has 1 fully saturated rings. The molecule has 0 unspecified atom stereocenters. The minimum Gasteiger partial charge on any atom is -0.379 e. The monoisotopic (exact) mass is 436 g/mol. The fraction of sp³-hybridized carbons (Fsp3) is 0.381. The molecule has 29 heavy (non-hydrogen) atoms. The van der Waals surface area contributed by atoms with Crippen molar-refractivity contribution in [1.82, 2.24) is 4.31 Å². The topological polar surface area (TPSA) is 75.7 Å². The van der Waals surface area contributed by atoms with Crippen molar-refractivity contribution in [3.05, 3.63) is 59.1 Å². The van der Waals surface area contributed by atoms with Crippen molar-refractivity contribution in [3.63, 3.8) is 0 Å². The first-order valence-corrected chi connectivity index (χ1v) is 11.3. The molecule has 1 amide bonds. The minimum atomic E-state index is -3.63. The Morgan fingerprint density at radius 2 is 1.76 bits per heavy atom. The van der Waals surface area contributed by atoms with Crippen LogP contribution in [0, 0.1) is 5.92 Å². The average molecular weight is 437 g/mol. The highest BCUT2D eigenvalue weighted by Crippen LogP contribution is 2.28. The van der Waals surface area contributed by atoms with Crippen LogP contribution in [0.15, 0.2) is 53.4 Å². The lowest BCUT2D eigenvalue weighted by molar-refractivity contribution is -0.118. The Balaban J connectivity index is 1.81. The number of morpholine rings is 1.